The molecule has 5 nitrogen and oxygen atoms in total. The van der Waals surface area contributed by atoms with Gasteiger partial charge in [-0.25, -0.2) is 0 Å². The van der Waals surface area contributed by atoms with Crippen LogP contribution in [0.1, 0.15) is 63.5 Å². The van der Waals surface area contributed by atoms with Crippen LogP contribution in [-0.4, -0.2) is 52.8 Å². The van der Waals surface area contributed by atoms with E-state index >= 15 is 0 Å². The fraction of sp³-hybridized carbons (Fsp3) is 0.533. The molecule has 2 aliphatic heterocycles. The molecule has 2 aromatic rings. The number of benzene rings is 2. The number of aryl methyl sites for hydroxylation is 1. The highest BCUT2D eigenvalue weighted by atomic mass is 35.5. The van der Waals surface area contributed by atoms with Crippen LogP contribution in [0.5, 0.6) is 0 Å². The van der Waals surface area contributed by atoms with Crippen molar-refractivity contribution in [3.63, 3.8) is 0 Å². The summed E-state index contributed by atoms with van der Waals surface area (Å²) in [7, 11) is 0. The average molecular weight is 510 g/mol. The highest BCUT2D eigenvalue weighted by Gasteiger charge is 2.53. The lowest BCUT2D eigenvalue weighted by molar-refractivity contribution is -0.162. The van der Waals surface area contributed by atoms with Crippen molar-refractivity contribution in [1.29, 1.82) is 0 Å². The van der Waals surface area contributed by atoms with Gasteiger partial charge < -0.3 is 15.1 Å². The minimum Gasteiger partial charge on any atom is -0.342 e. The maximum atomic E-state index is 13.7. The monoisotopic (exact) mass is 509 g/mol. The highest BCUT2D eigenvalue weighted by molar-refractivity contribution is 6.30. The lowest BCUT2D eigenvalue weighted by Gasteiger charge is -2.52. The Labute approximate surface area is 221 Å². The number of nitrogens with zero attached hydrogens (tertiary/aromatic N) is 2. The van der Waals surface area contributed by atoms with Crippen LogP contribution >= 0.6 is 11.6 Å². The number of carbonyl (C=O) groups is 2. The third-order valence-electron chi connectivity index (χ3n) is 7.71. The van der Waals surface area contributed by atoms with Crippen molar-refractivity contribution in [2.45, 2.75) is 76.9 Å². The van der Waals surface area contributed by atoms with Gasteiger partial charge in [-0.3, -0.25) is 9.59 Å². The molecule has 6 heteroatoms. The zero-order valence-electron chi connectivity index (χ0n) is 21.7. The van der Waals surface area contributed by atoms with Crippen LogP contribution < -0.4 is 5.32 Å². The number of hydrogen-bond donors (Lipinski definition) is 1. The second kappa shape index (κ2) is 12.2. The van der Waals surface area contributed by atoms with E-state index in [0.717, 1.165) is 38.0 Å². The van der Waals surface area contributed by atoms with Crippen LogP contribution in [0.15, 0.2) is 54.6 Å². The van der Waals surface area contributed by atoms with Crippen molar-refractivity contribution in [1.82, 2.24) is 15.1 Å². The minimum absolute atomic E-state index is 0.0114. The predicted octanol–water partition coefficient (Wildman–Crippen LogP) is 5.46. The van der Waals surface area contributed by atoms with E-state index in [2.05, 4.69) is 54.4 Å². The molecule has 0 aromatic heterocycles. The molecule has 0 aliphatic carbocycles. The number of nitrogens with one attached hydrogen (secondary N) is 1. The van der Waals surface area contributed by atoms with Gasteiger partial charge in [0.25, 0.3) is 0 Å². The molecule has 0 saturated carbocycles. The summed E-state index contributed by atoms with van der Waals surface area (Å²) >= 11 is 6.24. The molecule has 2 aliphatic rings. The van der Waals surface area contributed by atoms with Crippen molar-refractivity contribution in [2.75, 3.05) is 19.6 Å². The molecule has 36 heavy (non-hydrogen) atoms. The Bertz CT molecular complexity index is 1020. The Balaban J connectivity index is 1.37. The van der Waals surface area contributed by atoms with Crippen molar-refractivity contribution < 1.29 is 9.59 Å². The summed E-state index contributed by atoms with van der Waals surface area (Å²) in [6.07, 6.45) is 6.68. The van der Waals surface area contributed by atoms with Gasteiger partial charge in [0, 0.05) is 24.7 Å². The Kier molecular flexibility index (Phi) is 9.08. The first-order valence-corrected chi connectivity index (χ1v) is 13.9. The predicted molar refractivity (Wildman–Crippen MR) is 146 cm³/mol. The maximum Gasteiger partial charge on any atom is 0.246 e. The lowest BCUT2D eigenvalue weighted by atomic mass is 9.80. The lowest BCUT2D eigenvalue weighted by Crippen LogP contribution is -2.72. The Morgan fingerprint density at radius 3 is 2.39 bits per heavy atom. The van der Waals surface area contributed by atoms with Gasteiger partial charge in [0.2, 0.25) is 11.8 Å². The molecule has 0 radical (unpaired) electrons. The second-order valence-corrected chi connectivity index (χ2v) is 11.3. The third-order valence-corrected chi connectivity index (χ3v) is 7.95. The number of hydrogen-bond acceptors (Lipinski definition) is 3. The van der Waals surface area contributed by atoms with E-state index in [1.54, 1.807) is 0 Å². The van der Waals surface area contributed by atoms with Crippen LogP contribution in [0.4, 0.5) is 0 Å². The first kappa shape index (κ1) is 26.7. The molecule has 2 amide bonds. The van der Waals surface area contributed by atoms with Crippen LogP contribution in [0.25, 0.3) is 0 Å². The van der Waals surface area contributed by atoms with Crippen molar-refractivity contribution in [3.05, 3.63) is 70.7 Å². The Hall–Kier alpha value is -2.37. The first-order chi connectivity index (χ1) is 17.4. The largest absolute Gasteiger partial charge is 0.342 e. The van der Waals surface area contributed by atoms with E-state index in [0.29, 0.717) is 36.7 Å². The quantitative estimate of drug-likeness (QED) is 0.433. The summed E-state index contributed by atoms with van der Waals surface area (Å²) in [5.74, 6) is 0.375. The van der Waals surface area contributed by atoms with Gasteiger partial charge in [0.15, 0.2) is 0 Å². The van der Waals surface area contributed by atoms with E-state index in [4.69, 9.17) is 11.6 Å². The number of rotatable bonds is 10. The van der Waals surface area contributed by atoms with Gasteiger partial charge in [-0.2, -0.15) is 0 Å². The Morgan fingerprint density at radius 2 is 1.69 bits per heavy atom. The van der Waals surface area contributed by atoms with Gasteiger partial charge in [-0.1, -0.05) is 74.3 Å². The maximum absolute atomic E-state index is 13.7. The minimum atomic E-state index is -0.781. The van der Waals surface area contributed by atoms with Crippen molar-refractivity contribution in [2.24, 2.45) is 5.92 Å². The summed E-state index contributed by atoms with van der Waals surface area (Å²) in [5, 5.41) is 3.75. The molecule has 2 saturated heterocycles. The number of piperazine rings is 1. The molecule has 1 N–H and O–H groups in total. The van der Waals surface area contributed by atoms with Crippen LogP contribution in [0, 0.1) is 5.92 Å². The van der Waals surface area contributed by atoms with Gasteiger partial charge in [-0.15, -0.1) is 0 Å². The van der Waals surface area contributed by atoms with Gasteiger partial charge >= 0.3 is 0 Å². The standard InChI is InChI=1S/C30H40ClN3O2/c1-23(2)20-27-28(35)34(22-25-13-9-14-26(31)21-25)30(29(36)32-27)15-18-33(19-16-30)17-8-4-7-12-24-10-5-3-6-11-24/h3,5-6,9-11,13-14,21,23,27H,4,7-8,12,15-20,22H2,1-2H3,(H,32,36)/t27-/m0/s1. The molecule has 4 rings (SSSR count). The summed E-state index contributed by atoms with van der Waals surface area (Å²) in [5.41, 5.74) is 1.59. The van der Waals surface area contributed by atoms with E-state index in [-0.39, 0.29) is 11.8 Å². The molecule has 0 bridgehead atoms. The third kappa shape index (κ3) is 6.49. The van der Waals surface area contributed by atoms with Crippen LogP contribution in [0.3, 0.4) is 0 Å². The van der Waals surface area contributed by atoms with Crippen molar-refractivity contribution in [3.8, 4) is 0 Å². The first-order valence-electron chi connectivity index (χ1n) is 13.5. The van der Waals surface area contributed by atoms with Crippen LogP contribution in [0.2, 0.25) is 5.02 Å². The normalized spacial score (nSPS) is 20.2. The molecule has 1 spiro atoms. The highest BCUT2D eigenvalue weighted by Crippen LogP contribution is 2.35. The Morgan fingerprint density at radius 1 is 0.972 bits per heavy atom. The van der Waals surface area contributed by atoms with Gasteiger partial charge in [0.05, 0.1) is 0 Å². The molecular formula is C30H40ClN3O2. The molecular weight excluding hydrogens is 470 g/mol. The summed E-state index contributed by atoms with van der Waals surface area (Å²) in [4.78, 5) is 31.6. The number of halogens is 1. The zero-order chi connectivity index (χ0) is 25.5. The van der Waals surface area contributed by atoms with E-state index in [1.165, 1.54) is 18.4 Å². The second-order valence-electron chi connectivity index (χ2n) is 10.9. The van der Waals surface area contributed by atoms with E-state index in [9.17, 15) is 9.59 Å². The number of unbranched alkanes of at least 4 members (excludes halogenated alkanes) is 2. The van der Waals surface area contributed by atoms with Gasteiger partial charge in [0.1, 0.15) is 11.6 Å². The molecule has 0 unspecified atom stereocenters. The average Bonchev–Trinajstić information content (AvgIpc) is 2.86. The molecule has 2 heterocycles. The van der Waals surface area contributed by atoms with E-state index < -0.39 is 11.6 Å². The van der Waals surface area contributed by atoms with E-state index in [1.807, 2.05) is 29.2 Å². The fourth-order valence-electron chi connectivity index (χ4n) is 5.68. The topological polar surface area (TPSA) is 52.7 Å². The summed E-state index contributed by atoms with van der Waals surface area (Å²) in [6, 6.07) is 17.8. The smallest absolute Gasteiger partial charge is 0.246 e. The summed E-state index contributed by atoms with van der Waals surface area (Å²) < 4.78 is 0. The molecule has 2 aromatic carbocycles. The summed E-state index contributed by atoms with van der Waals surface area (Å²) in [6.45, 7) is 7.30. The number of amides is 2. The number of piperidine rings is 1. The van der Waals surface area contributed by atoms with Crippen LogP contribution in [-0.2, 0) is 22.6 Å². The number of likely N-dealkylation sites (tertiary alicyclic amines) is 1. The molecule has 2 fully saturated rings. The van der Waals surface area contributed by atoms with Gasteiger partial charge in [-0.05, 0) is 74.2 Å². The molecule has 194 valence electrons. The fourth-order valence-corrected chi connectivity index (χ4v) is 5.90. The SMILES string of the molecule is CC(C)C[C@@H]1NC(=O)C2(CCN(CCCCCc3ccccc3)CC2)N(Cc2cccc(Cl)c2)C1=O. The zero-order valence-corrected chi connectivity index (χ0v) is 22.5. The van der Waals surface area contributed by atoms with Crippen molar-refractivity contribution >= 4 is 23.4 Å². The number of carbonyl (C=O) groups excluding carboxylic acids is 2. The molecule has 1 atom stereocenters.